The first-order valence-electron chi connectivity index (χ1n) is 6.94. The first kappa shape index (κ1) is 17.4. The molecule has 0 fully saturated rings. The molecule has 5 heteroatoms. The maximum absolute atomic E-state index is 11.5. The summed E-state index contributed by atoms with van der Waals surface area (Å²) in [6, 6.07) is 0. The second-order valence-corrected chi connectivity index (χ2v) is 4.10. The number of rotatable bonds is 12. The minimum atomic E-state index is -0.332. The van der Waals surface area contributed by atoms with Gasteiger partial charge in [-0.1, -0.05) is 12.8 Å². The molecule has 0 aliphatic heterocycles. The molecule has 0 saturated carbocycles. The number of ether oxygens (including phenoxy) is 2. The molecule has 0 radical (unpaired) electrons. The molecule has 1 amide bonds. The van der Waals surface area contributed by atoms with E-state index in [0.29, 0.717) is 26.2 Å². The minimum Gasteiger partial charge on any atom is -0.351 e. The molecule has 0 aliphatic carbocycles. The maximum Gasteiger partial charge on any atom is 0.220 e. The average Bonchev–Trinajstić information content (AvgIpc) is 2.36. The normalized spacial score (nSPS) is 10.9. The second kappa shape index (κ2) is 12.8. The zero-order valence-electron chi connectivity index (χ0n) is 11.7. The van der Waals surface area contributed by atoms with Crippen LogP contribution in [-0.4, -0.2) is 38.5 Å². The Kier molecular flexibility index (Phi) is 12.3. The maximum atomic E-state index is 11.5. The van der Waals surface area contributed by atoms with Crippen molar-refractivity contribution in [1.29, 1.82) is 0 Å². The van der Waals surface area contributed by atoms with Crippen LogP contribution < -0.4 is 11.1 Å². The summed E-state index contributed by atoms with van der Waals surface area (Å²) in [4.78, 5) is 11.5. The van der Waals surface area contributed by atoms with E-state index < -0.39 is 0 Å². The number of nitrogens with one attached hydrogen (secondary N) is 1. The molecule has 0 unspecified atom stereocenters. The van der Waals surface area contributed by atoms with Gasteiger partial charge in [-0.2, -0.15) is 0 Å². The van der Waals surface area contributed by atoms with Crippen LogP contribution in [0.25, 0.3) is 0 Å². The van der Waals surface area contributed by atoms with Crippen LogP contribution in [0.15, 0.2) is 0 Å². The summed E-state index contributed by atoms with van der Waals surface area (Å²) in [6.45, 7) is 6.13. The van der Waals surface area contributed by atoms with E-state index in [0.717, 1.165) is 32.2 Å². The van der Waals surface area contributed by atoms with Crippen molar-refractivity contribution in [1.82, 2.24) is 5.32 Å². The molecule has 0 aromatic heterocycles. The molecule has 0 atom stereocenters. The third-order valence-corrected chi connectivity index (χ3v) is 2.53. The topological polar surface area (TPSA) is 73.6 Å². The third-order valence-electron chi connectivity index (χ3n) is 2.53. The Balaban J connectivity index is 3.54. The van der Waals surface area contributed by atoms with E-state index in [1.807, 2.05) is 13.8 Å². The van der Waals surface area contributed by atoms with E-state index in [1.165, 1.54) is 0 Å². The van der Waals surface area contributed by atoms with Gasteiger partial charge < -0.3 is 20.5 Å². The average molecular weight is 260 g/mol. The Labute approximate surface area is 110 Å². The summed E-state index contributed by atoms with van der Waals surface area (Å²) in [5.41, 5.74) is 5.40. The fourth-order valence-electron chi connectivity index (χ4n) is 1.61. The molecule has 0 bridgehead atoms. The molecule has 5 nitrogen and oxygen atoms in total. The summed E-state index contributed by atoms with van der Waals surface area (Å²) < 4.78 is 10.7. The van der Waals surface area contributed by atoms with Crippen LogP contribution in [-0.2, 0) is 14.3 Å². The number of carbonyl (C=O) groups is 1. The molecule has 3 N–H and O–H groups in total. The third kappa shape index (κ3) is 10.5. The monoisotopic (exact) mass is 260 g/mol. The molecule has 0 saturated heterocycles. The quantitative estimate of drug-likeness (QED) is 0.411. The van der Waals surface area contributed by atoms with Crippen LogP contribution in [0, 0.1) is 0 Å². The van der Waals surface area contributed by atoms with Gasteiger partial charge in [-0.25, -0.2) is 0 Å². The fourth-order valence-corrected chi connectivity index (χ4v) is 1.61. The number of carbonyl (C=O) groups excluding carboxylic acids is 1. The van der Waals surface area contributed by atoms with Gasteiger partial charge in [0.25, 0.3) is 0 Å². The zero-order chi connectivity index (χ0) is 13.6. The fraction of sp³-hybridized carbons (Fsp3) is 0.923. The Morgan fingerprint density at radius 1 is 1.11 bits per heavy atom. The van der Waals surface area contributed by atoms with Crippen LogP contribution in [0.3, 0.4) is 0 Å². The van der Waals surface area contributed by atoms with Gasteiger partial charge in [0.2, 0.25) is 5.91 Å². The Morgan fingerprint density at radius 3 is 2.28 bits per heavy atom. The summed E-state index contributed by atoms with van der Waals surface area (Å²) >= 11 is 0. The Morgan fingerprint density at radius 2 is 1.72 bits per heavy atom. The van der Waals surface area contributed by atoms with E-state index in [4.69, 9.17) is 15.2 Å². The predicted molar refractivity (Wildman–Crippen MR) is 72.2 cm³/mol. The van der Waals surface area contributed by atoms with Crippen LogP contribution >= 0.6 is 0 Å². The minimum absolute atomic E-state index is 0.0622. The summed E-state index contributed by atoms with van der Waals surface area (Å²) in [5, 5.41) is 2.83. The molecule has 18 heavy (non-hydrogen) atoms. The lowest BCUT2D eigenvalue weighted by Crippen LogP contribution is -2.35. The highest BCUT2D eigenvalue weighted by Crippen LogP contribution is 2.02. The number of hydrogen-bond acceptors (Lipinski definition) is 4. The van der Waals surface area contributed by atoms with Crippen molar-refractivity contribution in [2.75, 3.05) is 26.3 Å². The first-order chi connectivity index (χ1) is 8.74. The van der Waals surface area contributed by atoms with Crippen LogP contribution in [0.5, 0.6) is 0 Å². The van der Waals surface area contributed by atoms with Gasteiger partial charge in [-0.3, -0.25) is 4.79 Å². The van der Waals surface area contributed by atoms with Gasteiger partial charge in [0.1, 0.15) is 0 Å². The van der Waals surface area contributed by atoms with E-state index >= 15 is 0 Å². The molecule has 108 valence electrons. The van der Waals surface area contributed by atoms with Gasteiger partial charge in [-0.05, 0) is 33.2 Å². The zero-order valence-corrected chi connectivity index (χ0v) is 11.7. The summed E-state index contributed by atoms with van der Waals surface area (Å²) in [6.07, 6.45) is 4.35. The predicted octanol–water partition coefficient (Wildman–Crippen LogP) is 1.41. The molecule has 0 aromatic carbocycles. The van der Waals surface area contributed by atoms with Crippen LogP contribution in [0.4, 0.5) is 0 Å². The summed E-state index contributed by atoms with van der Waals surface area (Å²) in [5.74, 6) is 0.0622. The van der Waals surface area contributed by atoms with Gasteiger partial charge >= 0.3 is 0 Å². The van der Waals surface area contributed by atoms with Gasteiger partial charge in [-0.15, -0.1) is 0 Å². The van der Waals surface area contributed by atoms with Crippen molar-refractivity contribution >= 4 is 5.91 Å². The first-order valence-corrected chi connectivity index (χ1v) is 6.94. The SMILES string of the molecule is CCOC(CNC(=O)CCCCCCN)OCC. The lowest BCUT2D eigenvalue weighted by Gasteiger charge is -2.17. The number of amides is 1. The lowest BCUT2D eigenvalue weighted by molar-refractivity contribution is -0.140. The second-order valence-electron chi connectivity index (χ2n) is 4.10. The van der Waals surface area contributed by atoms with E-state index in [1.54, 1.807) is 0 Å². The smallest absolute Gasteiger partial charge is 0.220 e. The van der Waals surface area contributed by atoms with Crippen molar-refractivity contribution in [3.05, 3.63) is 0 Å². The number of unbranched alkanes of at least 4 members (excludes halogenated alkanes) is 3. The highest BCUT2D eigenvalue weighted by molar-refractivity contribution is 5.75. The standard InChI is InChI=1S/C13H28N2O3/c1-3-17-13(18-4-2)11-15-12(16)9-7-5-6-8-10-14/h13H,3-11,14H2,1-2H3,(H,15,16). The van der Waals surface area contributed by atoms with Crippen molar-refractivity contribution in [3.8, 4) is 0 Å². The van der Waals surface area contributed by atoms with E-state index in [-0.39, 0.29) is 12.2 Å². The van der Waals surface area contributed by atoms with E-state index in [2.05, 4.69) is 5.32 Å². The largest absolute Gasteiger partial charge is 0.351 e. The number of hydrogen-bond donors (Lipinski definition) is 2. The van der Waals surface area contributed by atoms with Gasteiger partial charge in [0, 0.05) is 19.6 Å². The molecular formula is C13H28N2O3. The molecule has 0 rings (SSSR count). The number of nitrogens with two attached hydrogens (primary N) is 1. The molecular weight excluding hydrogens is 232 g/mol. The Hall–Kier alpha value is -0.650. The molecule has 0 aromatic rings. The van der Waals surface area contributed by atoms with Crippen molar-refractivity contribution in [2.24, 2.45) is 5.73 Å². The van der Waals surface area contributed by atoms with Crippen molar-refractivity contribution < 1.29 is 14.3 Å². The molecule has 0 spiro atoms. The van der Waals surface area contributed by atoms with E-state index in [9.17, 15) is 4.79 Å². The van der Waals surface area contributed by atoms with Crippen molar-refractivity contribution in [2.45, 2.75) is 52.2 Å². The molecule has 0 aliphatic rings. The highest BCUT2D eigenvalue weighted by atomic mass is 16.7. The van der Waals surface area contributed by atoms with Gasteiger partial charge in [0.15, 0.2) is 6.29 Å². The van der Waals surface area contributed by atoms with Crippen molar-refractivity contribution in [3.63, 3.8) is 0 Å². The van der Waals surface area contributed by atoms with Crippen LogP contribution in [0.2, 0.25) is 0 Å². The van der Waals surface area contributed by atoms with Crippen LogP contribution in [0.1, 0.15) is 46.0 Å². The molecule has 0 heterocycles. The van der Waals surface area contributed by atoms with Gasteiger partial charge in [0.05, 0.1) is 6.54 Å². The lowest BCUT2D eigenvalue weighted by atomic mass is 10.1. The highest BCUT2D eigenvalue weighted by Gasteiger charge is 2.09. The summed E-state index contributed by atoms with van der Waals surface area (Å²) in [7, 11) is 0. The Bertz CT molecular complexity index is 195.